The Morgan fingerprint density at radius 3 is 1.52 bits per heavy atom. The highest BCUT2D eigenvalue weighted by molar-refractivity contribution is 7.11. The van der Waals surface area contributed by atoms with Crippen LogP contribution in [0.25, 0.3) is 0 Å². The summed E-state index contributed by atoms with van der Waals surface area (Å²) in [6.45, 7) is 0. The monoisotopic (exact) mass is 420 g/mol. The van der Waals surface area contributed by atoms with E-state index in [9.17, 15) is 0 Å². The fourth-order valence-electron chi connectivity index (χ4n) is 5.15. The van der Waals surface area contributed by atoms with Crippen LogP contribution in [0.4, 0.5) is 0 Å². The molecule has 0 unspecified atom stereocenters. The molecule has 154 valence electrons. The minimum atomic E-state index is -2.14. The zero-order chi connectivity index (χ0) is 21.1. The number of hydrogen-bond acceptors (Lipinski definition) is 1. The van der Waals surface area contributed by atoms with E-state index in [1.54, 1.807) is 7.11 Å². The molecule has 0 amide bonds. The van der Waals surface area contributed by atoms with E-state index < -0.39 is 8.07 Å². The average Bonchev–Trinajstić information content (AvgIpc) is 3.63. The van der Waals surface area contributed by atoms with Crippen molar-refractivity contribution in [3.63, 3.8) is 0 Å². The Bertz CT molecular complexity index is 1010. The third-order valence-corrected chi connectivity index (χ3v) is 11.9. The average molecular weight is 421 g/mol. The Morgan fingerprint density at radius 2 is 1.10 bits per heavy atom. The molecular formula is C29H28OSi. The van der Waals surface area contributed by atoms with Crippen LogP contribution >= 0.6 is 0 Å². The minimum absolute atomic E-state index is 0.647. The molecule has 0 heterocycles. The maximum absolute atomic E-state index is 5.36. The maximum Gasteiger partial charge on any atom is 0.148 e. The summed E-state index contributed by atoms with van der Waals surface area (Å²) in [5.41, 5.74) is 1.45. The molecule has 1 aliphatic rings. The lowest BCUT2D eigenvalue weighted by molar-refractivity contribution is 0.414. The van der Waals surface area contributed by atoms with Crippen molar-refractivity contribution < 1.29 is 4.74 Å². The van der Waals surface area contributed by atoms with Crippen LogP contribution in [0.15, 0.2) is 115 Å². The summed E-state index contributed by atoms with van der Waals surface area (Å²) in [4.78, 5) is 0. The maximum atomic E-state index is 5.36. The summed E-state index contributed by atoms with van der Waals surface area (Å²) in [5, 5.41) is 4.52. The van der Waals surface area contributed by atoms with E-state index in [1.807, 2.05) is 0 Å². The molecular weight excluding hydrogens is 392 g/mol. The molecule has 2 atom stereocenters. The van der Waals surface area contributed by atoms with Crippen LogP contribution in [0.1, 0.15) is 17.9 Å². The number of ether oxygens (including phenoxy) is 1. The summed E-state index contributed by atoms with van der Waals surface area (Å²) in [6.07, 6.45) is 1.27. The van der Waals surface area contributed by atoms with Crippen LogP contribution in [0.2, 0.25) is 6.04 Å². The van der Waals surface area contributed by atoms with Crippen molar-refractivity contribution in [2.75, 3.05) is 7.11 Å². The van der Waals surface area contributed by atoms with Crippen molar-refractivity contribution in [1.82, 2.24) is 0 Å². The summed E-state index contributed by atoms with van der Waals surface area (Å²) >= 11 is 0. The van der Waals surface area contributed by atoms with E-state index in [1.165, 1.54) is 33.6 Å². The van der Waals surface area contributed by atoms with Crippen molar-refractivity contribution >= 4 is 23.6 Å². The molecule has 1 fully saturated rings. The number of hydrogen-bond donors (Lipinski definition) is 0. The second-order valence-electron chi connectivity index (χ2n) is 8.58. The Labute approximate surface area is 186 Å². The topological polar surface area (TPSA) is 9.23 Å². The van der Waals surface area contributed by atoms with Gasteiger partial charge in [0, 0.05) is 0 Å². The predicted octanol–water partition coefficient (Wildman–Crippen LogP) is 4.97. The lowest BCUT2D eigenvalue weighted by Gasteiger charge is -2.34. The highest BCUT2D eigenvalue weighted by Crippen LogP contribution is 2.51. The van der Waals surface area contributed by atoms with Crippen LogP contribution in [0, 0.1) is 5.92 Å². The van der Waals surface area contributed by atoms with Crippen molar-refractivity contribution in [2.45, 2.75) is 18.4 Å². The number of methoxy groups -OCH3 is 1. The summed E-state index contributed by atoms with van der Waals surface area (Å²) in [5.74, 6) is 2.29. The van der Waals surface area contributed by atoms with Gasteiger partial charge in [0.1, 0.15) is 13.8 Å². The largest absolute Gasteiger partial charge is 0.497 e. The molecule has 4 aromatic rings. The molecule has 0 bridgehead atoms. The van der Waals surface area contributed by atoms with Crippen LogP contribution in [-0.4, -0.2) is 15.2 Å². The zero-order valence-corrected chi connectivity index (χ0v) is 18.9. The van der Waals surface area contributed by atoms with E-state index in [4.69, 9.17) is 4.74 Å². The number of benzene rings is 4. The van der Waals surface area contributed by atoms with Gasteiger partial charge in [-0.3, -0.25) is 0 Å². The van der Waals surface area contributed by atoms with Gasteiger partial charge in [-0.25, -0.2) is 0 Å². The first-order valence-electron chi connectivity index (χ1n) is 11.1. The van der Waals surface area contributed by atoms with Gasteiger partial charge >= 0.3 is 0 Å². The standard InChI is InChI=1S/C29H28OSi/c1-30-25-19-17-23(18-20-25)29-21-24(29)22-31(26-11-5-2-6-12-26,27-13-7-3-8-14-27)28-15-9-4-10-16-28/h2-20,24,29H,21-22H2,1H3/t24-,29-/m1/s1. The SMILES string of the molecule is COc1ccc([C@H]2C[C@@H]2C[Si](c2ccccc2)(c2ccccc2)c2ccccc2)cc1. The van der Waals surface area contributed by atoms with Crippen LogP contribution < -0.4 is 20.3 Å². The molecule has 4 aromatic carbocycles. The Hall–Kier alpha value is -3.10. The lowest BCUT2D eigenvalue weighted by atomic mass is 10.1. The summed E-state index contributed by atoms with van der Waals surface area (Å²) in [6, 6.07) is 43.7. The molecule has 0 aromatic heterocycles. The molecule has 0 aliphatic heterocycles. The van der Waals surface area contributed by atoms with Gasteiger partial charge in [0.15, 0.2) is 0 Å². The lowest BCUT2D eigenvalue weighted by Crippen LogP contribution is -2.67. The Morgan fingerprint density at radius 1 is 0.645 bits per heavy atom. The highest BCUT2D eigenvalue weighted by Gasteiger charge is 2.48. The van der Waals surface area contributed by atoms with Gasteiger partial charge in [0.2, 0.25) is 0 Å². The summed E-state index contributed by atoms with van der Waals surface area (Å²) in [7, 11) is -0.411. The molecule has 1 nitrogen and oxygen atoms in total. The zero-order valence-electron chi connectivity index (χ0n) is 17.9. The van der Waals surface area contributed by atoms with Crippen molar-refractivity contribution in [3.05, 3.63) is 121 Å². The normalized spacial score (nSPS) is 17.8. The van der Waals surface area contributed by atoms with E-state index in [0.717, 1.165) is 5.75 Å². The third-order valence-electron chi connectivity index (χ3n) is 6.83. The smallest absolute Gasteiger partial charge is 0.148 e. The third kappa shape index (κ3) is 3.84. The molecule has 0 N–H and O–H groups in total. The number of rotatable bonds is 7. The van der Waals surface area contributed by atoms with Crippen molar-refractivity contribution in [2.24, 2.45) is 5.92 Å². The molecule has 0 spiro atoms. The minimum Gasteiger partial charge on any atom is -0.497 e. The second-order valence-corrected chi connectivity index (χ2v) is 12.5. The fourth-order valence-corrected chi connectivity index (χ4v) is 10.4. The molecule has 1 saturated carbocycles. The summed E-state index contributed by atoms with van der Waals surface area (Å²) < 4.78 is 5.36. The Balaban J connectivity index is 1.57. The first-order valence-corrected chi connectivity index (χ1v) is 13.3. The Kier molecular flexibility index (Phi) is 5.48. The molecule has 1 aliphatic carbocycles. The van der Waals surface area contributed by atoms with Crippen molar-refractivity contribution in [1.29, 1.82) is 0 Å². The van der Waals surface area contributed by atoms with Gasteiger partial charge in [0.05, 0.1) is 7.11 Å². The molecule has 31 heavy (non-hydrogen) atoms. The fraction of sp³-hybridized carbons (Fsp3) is 0.172. The van der Waals surface area contributed by atoms with Gasteiger partial charge in [-0.2, -0.15) is 0 Å². The van der Waals surface area contributed by atoms with Gasteiger partial charge in [-0.15, -0.1) is 0 Å². The van der Waals surface area contributed by atoms with E-state index in [-0.39, 0.29) is 0 Å². The van der Waals surface area contributed by atoms with Gasteiger partial charge in [-0.1, -0.05) is 103 Å². The highest BCUT2D eigenvalue weighted by atomic mass is 28.3. The van der Waals surface area contributed by atoms with Gasteiger partial charge in [-0.05, 0) is 57.6 Å². The molecule has 0 saturated heterocycles. The quantitative estimate of drug-likeness (QED) is 0.303. The first kappa shape index (κ1) is 19.8. The van der Waals surface area contributed by atoms with Gasteiger partial charge < -0.3 is 4.74 Å². The second kappa shape index (κ2) is 8.56. The first-order chi connectivity index (χ1) is 15.3. The molecule has 0 radical (unpaired) electrons. The predicted molar refractivity (Wildman–Crippen MR) is 133 cm³/mol. The van der Waals surface area contributed by atoms with Crippen LogP contribution in [-0.2, 0) is 0 Å². The van der Waals surface area contributed by atoms with Crippen LogP contribution in [0.3, 0.4) is 0 Å². The molecule has 2 heteroatoms. The van der Waals surface area contributed by atoms with Crippen molar-refractivity contribution in [3.8, 4) is 5.75 Å². The van der Waals surface area contributed by atoms with Gasteiger partial charge in [0.25, 0.3) is 0 Å². The van der Waals surface area contributed by atoms with Crippen LogP contribution in [0.5, 0.6) is 5.75 Å². The molecule has 5 rings (SSSR count). The van der Waals surface area contributed by atoms with E-state index in [2.05, 4.69) is 115 Å². The van der Waals surface area contributed by atoms with E-state index in [0.29, 0.717) is 11.8 Å². The van der Waals surface area contributed by atoms with E-state index >= 15 is 0 Å².